The number of urea groups is 1. The minimum Gasteiger partial charge on any atom is -0.441 e. The first-order chi connectivity index (χ1) is 15.7. The number of aromatic nitrogens is 1. The molecule has 1 aliphatic heterocycles. The summed E-state index contributed by atoms with van der Waals surface area (Å²) in [5.41, 5.74) is 1.81. The van der Waals surface area contributed by atoms with Crippen molar-refractivity contribution < 1.29 is 22.4 Å². The number of halogens is 3. The molecule has 0 unspecified atom stereocenters. The van der Waals surface area contributed by atoms with E-state index in [9.17, 15) is 18.0 Å². The summed E-state index contributed by atoms with van der Waals surface area (Å²) in [5.74, 6) is 1.32. The summed E-state index contributed by atoms with van der Waals surface area (Å²) < 4.78 is 45.4. The molecule has 33 heavy (non-hydrogen) atoms. The molecule has 0 aliphatic carbocycles. The van der Waals surface area contributed by atoms with E-state index in [0.29, 0.717) is 38.6 Å². The second-order valence-corrected chi connectivity index (χ2v) is 8.12. The largest absolute Gasteiger partial charge is 0.441 e. The lowest BCUT2D eigenvalue weighted by Crippen LogP contribution is -2.49. The Kier molecular flexibility index (Phi) is 6.42. The van der Waals surface area contributed by atoms with E-state index in [-0.39, 0.29) is 5.69 Å². The van der Waals surface area contributed by atoms with Gasteiger partial charge in [-0.2, -0.15) is 13.2 Å². The Morgan fingerprint density at radius 3 is 2.36 bits per heavy atom. The van der Waals surface area contributed by atoms with Gasteiger partial charge < -0.3 is 14.6 Å². The average molecular weight is 458 g/mol. The average Bonchev–Trinajstić information content (AvgIpc) is 3.14. The Bertz CT molecular complexity index is 1120. The summed E-state index contributed by atoms with van der Waals surface area (Å²) in [5, 5.41) is 2.41. The molecule has 2 aromatic carbocycles. The smallest absolute Gasteiger partial charge is 0.418 e. The zero-order valence-corrected chi connectivity index (χ0v) is 18.4. The summed E-state index contributed by atoms with van der Waals surface area (Å²) in [4.78, 5) is 20.9. The highest BCUT2D eigenvalue weighted by atomic mass is 19.4. The molecular weight excluding hydrogens is 433 g/mol. The molecule has 0 radical (unpaired) electrons. The second-order valence-electron chi connectivity index (χ2n) is 8.12. The number of oxazole rings is 1. The lowest BCUT2D eigenvalue weighted by Gasteiger charge is -2.34. The van der Waals surface area contributed by atoms with Gasteiger partial charge in [-0.1, -0.05) is 29.8 Å². The Balaban J connectivity index is 1.34. The van der Waals surface area contributed by atoms with Crippen molar-refractivity contribution in [2.75, 3.05) is 31.5 Å². The summed E-state index contributed by atoms with van der Waals surface area (Å²) >= 11 is 0. The van der Waals surface area contributed by atoms with Crippen LogP contribution in [0, 0.1) is 13.8 Å². The van der Waals surface area contributed by atoms with Gasteiger partial charge in [0, 0.05) is 38.3 Å². The molecule has 1 aromatic heterocycles. The van der Waals surface area contributed by atoms with Crippen LogP contribution in [-0.2, 0) is 12.7 Å². The molecule has 1 aliphatic rings. The molecule has 2 heterocycles. The van der Waals surface area contributed by atoms with Gasteiger partial charge in [-0.3, -0.25) is 4.90 Å². The number of aryl methyl sites for hydroxylation is 2. The number of rotatable bonds is 4. The standard InChI is InChI=1S/C24H25F3N4O2/c1-16-7-9-18(10-8-16)22-28-21(17(2)33-22)15-30-11-13-31(14-12-30)23(32)29-20-6-4-3-5-19(20)24(25,26)27/h3-10H,11-15H2,1-2H3,(H,29,32). The van der Waals surface area contributed by atoms with Crippen molar-refractivity contribution in [3.05, 3.63) is 71.1 Å². The number of carbonyl (C=O) groups excluding carboxylic acids is 1. The molecule has 0 atom stereocenters. The molecule has 174 valence electrons. The molecular formula is C24H25F3N4O2. The first-order valence-electron chi connectivity index (χ1n) is 10.7. The molecule has 3 aromatic rings. The molecule has 0 bridgehead atoms. The number of benzene rings is 2. The fraction of sp³-hybridized carbons (Fsp3) is 0.333. The maximum absolute atomic E-state index is 13.2. The zero-order chi connectivity index (χ0) is 23.6. The minimum atomic E-state index is -4.53. The summed E-state index contributed by atoms with van der Waals surface area (Å²) in [7, 11) is 0. The van der Waals surface area contributed by atoms with Crippen LogP contribution >= 0.6 is 0 Å². The number of carbonyl (C=O) groups is 1. The third-order valence-electron chi connectivity index (χ3n) is 5.70. The van der Waals surface area contributed by atoms with Crippen molar-refractivity contribution in [3.8, 4) is 11.5 Å². The van der Waals surface area contributed by atoms with E-state index in [4.69, 9.17) is 4.42 Å². The van der Waals surface area contributed by atoms with Crippen LogP contribution < -0.4 is 5.32 Å². The zero-order valence-electron chi connectivity index (χ0n) is 18.4. The number of anilines is 1. The van der Waals surface area contributed by atoms with E-state index < -0.39 is 17.8 Å². The second kappa shape index (κ2) is 9.27. The van der Waals surface area contributed by atoms with Gasteiger partial charge in [0.05, 0.1) is 16.9 Å². The van der Waals surface area contributed by atoms with Gasteiger partial charge in [-0.15, -0.1) is 0 Å². The predicted octanol–water partition coefficient (Wildman–Crippen LogP) is 5.33. The lowest BCUT2D eigenvalue weighted by atomic mass is 10.1. The van der Waals surface area contributed by atoms with Gasteiger partial charge in [0.25, 0.3) is 0 Å². The Morgan fingerprint density at radius 1 is 1.03 bits per heavy atom. The maximum Gasteiger partial charge on any atom is 0.418 e. The lowest BCUT2D eigenvalue weighted by molar-refractivity contribution is -0.136. The molecule has 4 rings (SSSR count). The van der Waals surface area contributed by atoms with Crippen molar-refractivity contribution in [1.29, 1.82) is 0 Å². The number of alkyl halides is 3. The van der Waals surface area contributed by atoms with Crippen molar-refractivity contribution in [3.63, 3.8) is 0 Å². The first-order valence-corrected chi connectivity index (χ1v) is 10.7. The fourth-order valence-corrected chi connectivity index (χ4v) is 3.75. The number of hydrogen-bond donors (Lipinski definition) is 1. The molecule has 0 spiro atoms. The third kappa shape index (κ3) is 5.36. The molecule has 1 saturated heterocycles. The number of amides is 2. The van der Waals surface area contributed by atoms with Gasteiger partial charge in [0.2, 0.25) is 5.89 Å². The van der Waals surface area contributed by atoms with Crippen LogP contribution in [0.1, 0.15) is 22.6 Å². The van der Waals surface area contributed by atoms with Gasteiger partial charge in [0.1, 0.15) is 5.76 Å². The van der Waals surface area contributed by atoms with E-state index >= 15 is 0 Å². The third-order valence-corrected chi connectivity index (χ3v) is 5.70. The Hall–Kier alpha value is -3.33. The van der Waals surface area contributed by atoms with Crippen LogP contribution in [0.4, 0.5) is 23.7 Å². The number of hydrogen-bond acceptors (Lipinski definition) is 4. The number of nitrogens with one attached hydrogen (secondary N) is 1. The van der Waals surface area contributed by atoms with E-state index in [2.05, 4.69) is 15.2 Å². The Morgan fingerprint density at radius 2 is 1.70 bits per heavy atom. The highest BCUT2D eigenvalue weighted by molar-refractivity contribution is 5.90. The monoisotopic (exact) mass is 458 g/mol. The molecule has 2 amide bonds. The topological polar surface area (TPSA) is 61.6 Å². The predicted molar refractivity (Wildman–Crippen MR) is 119 cm³/mol. The van der Waals surface area contributed by atoms with Gasteiger partial charge in [-0.25, -0.2) is 9.78 Å². The van der Waals surface area contributed by atoms with Gasteiger partial charge >= 0.3 is 12.2 Å². The quantitative estimate of drug-likeness (QED) is 0.574. The van der Waals surface area contributed by atoms with Crippen LogP contribution in [0.3, 0.4) is 0 Å². The molecule has 6 nitrogen and oxygen atoms in total. The number of para-hydroxylation sites is 1. The van der Waals surface area contributed by atoms with Crippen LogP contribution in [0.25, 0.3) is 11.5 Å². The van der Waals surface area contributed by atoms with Crippen molar-refractivity contribution in [2.45, 2.75) is 26.6 Å². The molecule has 1 fully saturated rings. The highest BCUT2D eigenvalue weighted by Crippen LogP contribution is 2.34. The SMILES string of the molecule is Cc1ccc(-c2nc(CN3CCN(C(=O)Nc4ccccc4C(F)(F)F)CC3)c(C)o2)cc1. The van der Waals surface area contributed by atoms with Crippen LogP contribution in [0.2, 0.25) is 0 Å². The van der Waals surface area contributed by atoms with Crippen LogP contribution in [-0.4, -0.2) is 47.0 Å². The van der Waals surface area contributed by atoms with Crippen molar-refractivity contribution in [1.82, 2.24) is 14.8 Å². The molecule has 0 saturated carbocycles. The fourth-order valence-electron chi connectivity index (χ4n) is 3.75. The highest BCUT2D eigenvalue weighted by Gasteiger charge is 2.34. The summed E-state index contributed by atoms with van der Waals surface area (Å²) in [6.45, 7) is 6.45. The van der Waals surface area contributed by atoms with E-state index in [1.165, 1.54) is 23.1 Å². The number of piperazine rings is 1. The van der Waals surface area contributed by atoms with Crippen LogP contribution in [0.5, 0.6) is 0 Å². The Labute approximate surface area is 190 Å². The van der Waals surface area contributed by atoms with Crippen molar-refractivity contribution in [2.24, 2.45) is 0 Å². The molecule has 9 heteroatoms. The summed E-state index contributed by atoms with van der Waals surface area (Å²) in [6.07, 6.45) is -4.53. The van der Waals surface area contributed by atoms with E-state index in [0.717, 1.165) is 28.6 Å². The minimum absolute atomic E-state index is 0.237. The van der Waals surface area contributed by atoms with Gasteiger partial charge in [-0.05, 0) is 38.1 Å². The number of nitrogens with zero attached hydrogens (tertiary/aromatic N) is 3. The normalized spacial score (nSPS) is 15.0. The first kappa shape index (κ1) is 22.8. The van der Waals surface area contributed by atoms with Crippen LogP contribution in [0.15, 0.2) is 52.9 Å². The van der Waals surface area contributed by atoms with E-state index in [1.54, 1.807) is 0 Å². The maximum atomic E-state index is 13.2. The van der Waals surface area contributed by atoms with Gasteiger partial charge in [0.15, 0.2) is 0 Å². The van der Waals surface area contributed by atoms with E-state index in [1.807, 2.05) is 38.1 Å². The summed E-state index contributed by atoms with van der Waals surface area (Å²) in [6, 6.07) is 12.4. The molecule has 1 N–H and O–H groups in total. The van der Waals surface area contributed by atoms with Crippen molar-refractivity contribution >= 4 is 11.7 Å².